The second kappa shape index (κ2) is 8.44. The Bertz CT molecular complexity index is 915. The molecule has 0 radical (unpaired) electrons. The summed E-state index contributed by atoms with van der Waals surface area (Å²) in [6, 6.07) is 18.7. The van der Waals surface area contributed by atoms with Gasteiger partial charge in [-0.1, -0.05) is 36.4 Å². The fourth-order valence-electron chi connectivity index (χ4n) is 2.37. The lowest BCUT2D eigenvalue weighted by atomic mass is 10.2. The van der Waals surface area contributed by atoms with Gasteiger partial charge in [0.1, 0.15) is 5.82 Å². The van der Waals surface area contributed by atoms with E-state index in [1.807, 2.05) is 48.5 Å². The molecule has 0 amide bonds. The zero-order valence-electron chi connectivity index (χ0n) is 14.2. The summed E-state index contributed by atoms with van der Waals surface area (Å²) in [7, 11) is -3.42. The molecular weight excluding hydrogens is 348 g/mol. The number of rotatable bonds is 8. The number of aryl methyl sites for hydroxylation is 1. The van der Waals surface area contributed by atoms with Gasteiger partial charge in [0.15, 0.2) is 0 Å². The number of nitrogens with zero attached hydrogens (tertiary/aromatic N) is 2. The molecule has 0 saturated carbocycles. The molecule has 0 aliphatic carbocycles. The molecule has 2 heterocycles. The number of anilines is 2. The van der Waals surface area contributed by atoms with Gasteiger partial charge < -0.3 is 5.32 Å². The van der Waals surface area contributed by atoms with Gasteiger partial charge in [0.25, 0.3) is 0 Å². The molecule has 2 aromatic heterocycles. The van der Waals surface area contributed by atoms with Gasteiger partial charge >= 0.3 is 0 Å². The average Bonchev–Trinajstić information content (AvgIpc) is 2.67. The van der Waals surface area contributed by atoms with Crippen molar-refractivity contribution in [1.82, 2.24) is 9.97 Å². The maximum atomic E-state index is 12.2. The van der Waals surface area contributed by atoms with E-state index < -0.39 is 10.0 Å². The molecule has 3 aromatic rings. The maximum Gasteiger partial charge on any atom is 0.233 e. The van der Waals surface area contributed by atoms with Crippen molar-refractivity contribution >= 4 is 21.5 Å². The predicted molar refractivity (Wildman–Crippen MR) is 103 cm³/mol. The monoisotopic (exact) mass is 368 g/mol. The summed E-state index contributed by atoms with van der Waals surface area (Å²) < 4.78 is 27.0. The van der Waals surface area contributed by atoms with Crippen LogP contribution in [0.4, 0.5) is 11.5 Å². The van der Waals surface area contributed by atoms with Crippen LogP contribution in [0.15, 0.2) is 73.1 Å². The molecule has 7 heteroatoms. The Morgan fingerprint density at radius 1 is 0.885 bits per heavy atom. The van der Waals surface area contributed by atoms with E-state index in [-0.39, 0.29) is 5.75 Å². The summed E-state index contributed by atoms with van der Waals surface area (Å²) in [5.41, 5.74) is 2.34. The Balaban J connectivity index is 1.53. The summed E-state index contributed by atoms with van der Waals surface area (Å²) >= 11 is 0. The van der Waals surface area contributed by atoms with Crippen molar-refractivity contribution in [2.75, 3.05) is 15.8 Å². The van der Waals surface area contributed by atoms with Crippen molar-refractivity contribution < 1.29 is 8.42 Å². The number of hydrogen-bond acceptors (Lipinski definition) is 5. The van der Waals surface area contributed by atoms with Crippen LogP contribution in [0.25, 0.3) is 0 Å². The van der Waals surface area contributed by atoms with Crippen molar-refractivity contribution in [3.05, 3.63) is 84.3 Å². The minimum absolute atomic E-state index is 0.0245. The van der Waals surface area contributed by atoms with E-state index in [4.69, 9.17) is 0 Å². The highest BCUT2D eigenvalue weighted by Crippen LogP contribution is 2.13. The van der Waals surface area contributed by atoms with E-state index in [0.29, 0.717) is 24.5 Å². The Kier molecular flexibility index (Phi) is 5.80. The standard InChI is InChI=1S/C19H20N4O2S/c24-26(25,13-11-16-6-2-1-3-7-16)23-18-9-10-19(22-15-18)21-14-17-8-4-5-12-20-17/h1-10,12,15,23H,11,13-14H2,(H,21,22). The van der Waals surface area contributed by atoms with Crippen LogP contribution in [-0.2, 0) is 23.0 Å². The molecule has 134 valence electrons. The average molecular weight is 368 g/mol. The second-order valence-corrected chi connectivity index (χ2v) is 7.61. The van der Waals surface area contributed by atoms with Gasteiger partial charge in [0.2, 0.25) is 10.0 Å². The third kappa shape index (κ3) is 5.56. The Labute approximate surface area is 153 Å². The smallest absolute Gasteiger partial charge is 0.233 e. The van der Waals surface area contributed by atoms with E-state index in [2.05, 4.69) is 20.0 Å². The zero-order chi connectivity index (χ0) is 18.2. The number of aromatic nitrogens is 2. The molecular formula is C19H20N4O2S. The van der Waals surface area contributed by atoms with Crippen LogP contribution in [0.1, 0.15) is 11.3 Å². The molecule has 0 aliphatic heterocycles. The molecule has 0 unspecified atom stereocenters. The van der Waals surface area contributed by atoms with E-state index in [0.717, 1.165) is 11.3 Å². The Morgan fingerprint density at radius 2 is 1.69 bits per heavy atom. The van der Waals surface area contributed by atoms with Gasteiger partial charge in [-0.2, -0.15) is 0 Å². The van der Waals surface area contributed by atoms with Gasteiger partial charge in [-0.3, -0.25) is 9.71 Å². The van der Waals surface area contributed by atoms with Crippen LogP contribution in [0.2, 0.25) is 0 Å². The van der Waals surface area contributed by atoms with Crippen LogP contribution < -0.4 is 10.0 Å². The summed E-state index contributed by atoms with van der Waals surface area (Å²) in [4.78, 5) is 8.45. The molecule has 0 fully saturated rings. The SMILES string of the molecule is O=S(=O)(CCc1ccccc1)Nc1ccc(NCc2ccccn2)nc1. The highest BCUT2D eigenvalue weighted by atomic mass is 32.2. The van der Waals surface area contributed by atoms with Gasteiger partial charge in [-0.25, -0.2) is 13.4 Å². The Morgan fingerprint density at radius 3 is 2.38 bits per heavy atom. The summed E-state index contributed by atoms with van der Waals surface area (Å²) in [6.45, 7) is 0.552. The molecule has 0 bridgehead atoms. The molecule has 0 atom stereocenters. The lowest BCUT2D eigenvalue weighted by Gasteiger charge is -2.09. The van der Waals surface area contributed by atoms with E-state index in [1.54, 1.807) is 18.3 Å². The fourth-order valence-corrected chi connectivity index (χ4v) is 3.46. The van der Waals surface area contributed by atoms with Crippen molar-refractivity contribution in [2.45, 2.75) is 13.0 Å². The van der Waals surface area contributed by atoms with Crippen LogP contribution in [0.3, 0.4) is 0 Å². The number of nitrogens with one attached hydrogen (secondary N) is 2. The van der Waals surface area contributed by atoms with Gasteiger partial charge in [-0.15, -0.1) is 0 Å². The third-order valence-corrected chi connectivity index (χ3v) is 5.00. The van der Waals surface area contributed by atoms with Crippen LogP contribution >= 0.6 is 0 Å². The van der Waals surface area contributed by atoms with Crippen molar-refractivity contribution in [1.29, 1.82) is 0 Å². The largest absolute Gasteiger partial charge is 0.364 e. The lowest BCUT2D eigenvalue weighted by Crippen LogP contribution is -2.18. The number of benzene rings is 1. The highest BCUT2D eigenvalue weighted by molar-refractivity contribution is 7.92. The predicted octanol–water partition coefficient (Wildman–Crippen LogP) is 3.07. The first kappa shape index (κ1) is 17.9. The first-order valence-corrected chi connectivity index (χ1v) is 9.90. The first-order valence-electron chi connectivity index (χ1n) is 8.25. The van der Waals surface area contributed by atoms with Crippen LogP contribution in [0.5, 0.6) is 0 Å². The normalized spacial score (nSPS) is 11.1. The summed E-state index contributed by atoms with van der Waals surface area (Å²) in [5.74, 6) is 0.680. The molecule has 0 saturated heterocycles. The Hall–Kier alpha value is -2.93. The van der Waals surface area contributed by atoms with Gasteiger partial charge in [-0.05, 0) is 36.2 Å². The minimum atomic E-state index is -3.42. The second-order valence-electron chi connectivity index (χ2n) is 5.76. The van der Waals surface area contributed by atoms with Crippen LogP contribution in [-0.4, -0.2) is 24.1 Å². The molecule has 2 N–H and O–H groups in total. The quantitative estimate of drug-likeness (QED) is 0.638. The first-order chi connectivity index (χ1) is 12.6. The fraction of sp³-hybridized carbons (Fsp3) is 0.158. The molecule has 0 spiro atoms. The number of sulfonamides is 1. The molecule has 6 nitrogen and oxygen atoms in total. The molecule has 3 rings (SSSR count). The van der Waals surface area contributed by atoms with Gasteiger partial charge in [0.05, 0.1) is 29.9 Å². The van der Waals surface area contributed by atoms with Crippen LogP contribution in [0, 0.1) is 0 Å². The minimum Gasteiger partial charge on any atom is -0.364 e. The topological polar surface area (TPSA) is 84.0 Å². The molecule has 0 aliphatic rings. The van der Waals surface area contributed by atoms with E-state index in [9.17, 15) is 8.42 Å². The molecule has 26 heavy (non-hydrogen) atoms. The van der Waals surface area contributed by atoms with Crippen molar-refractivity contribution in [2.24, 2.45) is 0 Å². The number of hydrogen-bond donors (Lipinski definition) is 2. The van der Waals surface area contributed by atoms with E-state index in [1.165, 1.54) is 6.20 Å². The zero-order valence-corrected chi connectivity index (χ0v) is 15.0. The lowest BCUT2D eigenvalue weighted by molar-refractivity contribution is 0.600. The maximum absolute atomic E-state index is 12.2. The molecule has 1 aromatic carbocycles. The van der Waals surface area contributed by atoms with Gasteiger partial charge in [0, 0.05) is 6.20 Å². The number of pyridine rings is 2. The highest BCUT2D eigenvalue weighted by Gasteiger charge is 2.11. The summed E-state index contributed by atoms with van der Waals surface area (Å²) in [5, 5.41) is 3.15. The van der Waals surface area contributed by atoms with Crippen molar-refractivity contribution in [3.63, 3.8) is 0 Å². The third-order valence-electron chi connectivity index (χ3n) is 3.72. The van der Waals surface area contributed by atoms with E-state index >= 15 is 0 Å². The van der Waals surface area contributed by atoms with Crippen molar-refractivity contribution in [3.8, 4) is 0 Å². The summed E-state index contributed by atoms with van der Waals surface area (Å²) in [6.07, 6.45) is 3.70.